The Labute approximate surface area is 171 Å². The molecular formula is C22H29N3O2S. The van der Waals surface area contributed by atoms with Crippen LogP contribution in [0.3, 0.4) is 0 Å². The van der Waals surface area contributed by atoms with E-state index in [9.17, 15) is 4.79 Å². The van der Waals surface area contributed by atoms with Crippen molar-refractivity contribution in [3.8, 4) is 0 Å². The summed E-state index contributed by atoms with van der Waals surface area (Å²) in [5, 5.41) is 5.28. The molecule has 150 valence electrons. The summed E-state index contributed by atoms with van der Waals surface area (Å²) in [6, 6.07) is 12.9. The fourth-order valence-electron chi connectivity index (χ4n) is 4.27. The third-order valence-corrected chi connectivity index (χ3v) is 6.69. The van der Waals surface area contributed by atoms with E-state index in [1.807, 2.05) is 22.3 Å². The third kappa shape index (κ3) is 4.40. The van der Waals surface area contributed by atoms with E-state index < -0.39 is 0 Å². The van der Waals surface area contributed by atoms with Gasteiger partial charge in [0.05, 0.1) is 18.8 Å². The summed E-state index contributed by atoms with van der Waals surface area (Å²) < 4.78 is 5.91. The van der Waals surface area contributed by atoms with E-state index in [1.54, 1.807) is 0 Å². The zero-order valence-electron chi connectivity index (χ0n) is 16.5. The first-order valence-corrected chi connectivity index (χ1v) is 11.1. The Bertz CT molecular complexity index is 779. The Morgan fingerprint density at radius 2 is 2.11 bits per heavy atom. The van der Waals surface area contributed by atoms with Crippen LogP contribution in [0.4, 0.5) is 4.79 Å². The minimum atomic E-state index is 0.0347. The van der Waals surface area contributed by atoms with Crippen LogP contribution in [-0.2, 0) is 17.7 Å². The number of thiophene rings is 1. The predicted octanol–water partition coefficient (Wildman–Crippen LogP) is 3.67. The molecule has 0 radical (unpaired) electrons. The van der Waals surface area contributed by atoms with Crippen LogP contribution in [-0.4, -0.2) is 54.7 Å². The number of nitrogens with zero attached hydrogens (tertiary/aromatic N) is 2. The molecule has 2 amide bonds. The first-order chi connectivity index (χ1) is 13.7. The Balaban J connectivity index is 1.29. The van der Waals surface area contributed by atoms with Crippen LogP contribution in [0, 0.1) is 0 Å². The van der Waals surface area contributed by atoms with Crippen LogP contribution >= 0.6 is 11.3 Å². The van der Waals surface area contributed by atoms with Crippen LogP contribution in [0.15, 0.2) is 41.8 Å². The summed E-state index contributed by atoms with van der Waals surface area (Å²) in [5.74, 6) is 0. The quantitative estimate of drug-likeness (QED) is 0.834. The van der Waals surface area contributed by atoms with Crippen molar-refractivity contribution in [2.75, 3.05) is 32.8 Å². The van der Waals surface area contributed by atoms with Crippen LogP contribution in [0.25, 0.3) is 0 Å². The lowest BCUT2D eigenvalue weighted by molar-refractivity contribution is -0.0292. The number of carbonyl (C=O) groups excluding carboxylic acids is 1. The molecule has 2 aliphatic rings. The van der Waals surface area contributed by atoms with Crippen LogP contribution < -0.4 is 5.32 Å². The second-order valence-electron chi connectivity index (χ2n) is 7.57. The standard InChI is InChI=1S/C22H29N3O2S/c1-2-20-19-9-13-28-21(19)8-10-25(20)22(26)23-14-18-16-24(11-12-27-18)15-17-6-4-3-5-7-17/h3-7,9,13,18,20H,2,8,10-12,14-16H2,1H3,(H,23,26). The van der Waals surface area contributed by atoms with Gasteiger partial charge < -0.3 is 15.0 Å². The van der Waals surface area contributed by atoms with Gasteiger partial charge in [-0.2, -0.15) is 0 Å². The number of urea groups is 1. The first-order valence-electron chi connectivity index (χ1n) is 10.2. The molecule has 28 heavy (non-hydrogen) atoms. The smallest absolute Gasteiger partial charge is 0.318 e. The van der Waals surface area contributed by atoms with E-state index in [1.165, 1.54) is 16.0 Å². The van der Waals surface area contributed by atoms with Gasteiger partial charge in [-0.3, -0.25) is 4.90 Å². The number of hydrogen-bond donors (Lipinski definition) is 1. The summed E-state index contributed by atoms with van der Waals surface area (Å²) in [4.78, 5) is 18.7. The van der Waals surface area contributed by atoms with Crippen molar-refractivity contribution in [3.05, 3.63) is 57.8 Å². The summed E-state index contributed by atoms with van der Waals surface area (Å²) in [7, 11) is 0. The van der Waals surface area contributed by atoms with Crippen molar-refractivity contribution in [3.63, 3.8) is 0 Å². The Kier molecular flexibility index (Phi) is 6.29. The topological polar surface area (TPSA) is 44.8 Å². The van der Waals surface area contributed by atoms with Gasteiger partial charge in [0, 0.05) is 37.6 Å². The van der Waals surface area contributed by atoms with Crippen molar-refractivity contribution in [1.82, 2.24) is 15.1 Å². The Morgan fingerprint density at radius 1 is 1.25 bits per heavy atom. The zero-order chi connectivity index (χ0) is 19.3. The van der Waals surface area contributed by atoms with Gasteiger partial charge in [-0.05, 0) is 35.4 Å². The van der Waals surface area contributed by atoms with E-state index in [4.69, 9.17) is 4.74 Å². The van der Waals surface area contributed by atoms with Gasteiger partial charge in [0.2, 0.25) is 0 Å². The maximum Gasteiger partial charge on any atom is 0.318 e. The van der Waals surface area contributed by atoms with Gasteiger partial charge >= 0.3 is 6.03 Å². The van der Waals surface area contributed by atoms with Crippen molar-refractivity contribution < 1.29 is 9.53 Å². The molecule has 0 bridgehead atoms. The number of amides is 2. The highest BCUT2D eigenvalue weighted by atomic mass is 32.1. The number of carbonyl (C=O) groups is 1. The van der Waals surface area contributed by atoms with Crippen molar-refractivity contribution in [2.45, 2.75) is 38.5 Å². The number of morpholine rings is 1. The predicted molar refractivity (Wildman–Crippen MR) is 113 cm³/mol. The van der Waals surface area contributed by atoms with Crippen LogP contribution in [0.5, 0.6) is 0 Å². The average Bonchev–Trinajstić information content (AvgIpc) is 3.21. The van der Waals surface area contributed by atoms with E-state index in [0.29, 0.717) is 13.2 Å². The Morgan fingerprint density at radius 3 is 2.93 bits per heavy atom. The van der Waals surface area contributed by atoms with Crippen LogP contribution in [0.1, 0.15) is 35.4 Å². The number of nitrogens with one attached hydrogen (secondary N) is 1. The third-order valence-electron chi connectivity index (χ3n) is 5.70. The summed E-state index contributed by atoms with van der Waals surface area (Å²) >= 11 is 1.81. The van der Waals surface area contributed by atoms with E-state index in [-0.39, 0.29) is 18.2 Å². The molecule has 1 aromatic heterocycles. The molecule has 1 aromatic carbocycles. The number of benzene rings is 1. The van der Waals surface area contributed by atoms with Crippen LogP contribution in [0.2, 0.25) is 0 Å². The highest BCUT2D eigenvalue weighted by molar-refractivity contribution is 7.10. The molecule has 0 spiro atoms. The van der Waals surface area contributed by atoms with Crippen molar-refractivity contribution in [1.29, 1.82) is 0 Å². The lowest BCUT2D eigenvalue weighted by Gasteiger charge is -2.37. The fraction of sp³-hybridized carbons (Fsp3) is 0.500. The summed E-state index contributed by atoms with van der Waals surface area (Å²) in [5.41, 5.74) is 2.65. The van der Waals surface area contributed by atoms with Crippen molar-refractivity contribution in [2.24, 2.45) is 0 Å². The molecule has 2 unspecified atom stereocenters. The lowest BCUT2D eigenvalue weighted by Crippen LogP contribution is -2.51. The maximum atomic E-state index is 12.9. The fourth-order valence-corrected chi connectivity index (χ4v) is 5.20. The average molecular weight is 400 g/mol. The maximum absolute atomic E-state index is 12.9. The van der Waals surface area contributed by atoms with Gasteiger partial charge in [0.15, 0.2) is 0 Å². The summed E-state index contributed by atoms with van der Waals surface area (Å²) in [6.07, 6.45) is 1.95. The molecule has 1 N–H and O–H groups in total. The molecule has 4 rings (SSSR count). The molecule has 2 aliphatic heterocycles. The SMILES string of the molecule is CCC1c2ccsc2CCN1C(=O)NCC1CN(Cc2ccccc2)CCO1. The molecule has 2 aromatic rings. The second-order valence-corrected chi connectivity index (χ2v) is 8.57. The second kappa shape index (κ2) is 9.07. The number of fused-ring (bicyclic) bond motifs is 1. The molecule has 2 atom stereocenters. The van der Waals surface area contributed by atoms with E-state index in [2.05, 4.69) is 52.9 Å². The molecular weight excluding hydrogens is 370 g/mol. The zero-order valence-corrected chi connectivity index (χ0v) is 17.3. The molecule has 6 heteroatoms. The molecule has 0 saturated carbocycles. The molecule has 1 saturated heterocycles. The lowest BCUT2D eigenvalue weighted by atomic mass is 9.98. The molecule has 1 fully saturated rings. The normalized spacial score (nSPS) is 22.7. The largest absolute Gasteiger partial charge is 0.374 e. The highest BCUT2D eigenvalue weighted by Gasteiger charge is 2.31. The van der Waals surface area contributed by atoms with Crippen molar-refractivity contribution >= 4 is 17.4 Å². The number of ether oxygens (including phenoxy) is 1. The van der Waals surface area contributed by atoms with Gasteiger partial charge in [-0.25, -0.2) is 4.79 Å². The van der Waals surface area contributed by atoms with Gasteiger partial charge in [-0.15, -0.1) is 11.3 Å². The monoisotopic (exact) mass is 399 g/mol. The summed E-state index contributed by atoms with van der Waals surface area (Å²) in [6.45, 7) is 6.94. The number of hydrogen-bond acceptors (Lipinski definition) is 4. The first kappa shape index (κ1) is 19.4. The van der Waals surface area contributed by atoms with Gasteiger partial charge in [0.1, 0.15) is 0 Å². The molecule has 5 nitrogen and oxygen atoms in total. The highest BCUT2D eigenvalue weighted by Crippen LogP contribution is 2.35. The Hall–Kier alpha value is -1.89. The van der Waals surface area contributed by atoms with Gasteiger partial charge in [0.25, 0.3) is 0 Å². The molecule has 0 aliphatic carbocycles. The minimum absolute atomic E-state index is 0.0347. The van der Waals surface area contributed by atoms with E-state index in [0.717, 1.165) is 39.0 Å². The minimum Gasteiger partial charge on any atom is -0.374 e. The van der Waals surface area contributed by atoms with Gasteiger partial charge in [-0.1, -0.05) is 37.3 Å². The number of rotatable bonds is 5. The van der Waals surface area contributed by atoms with E-state index >= 15 is 0 Å². The molecule has 3 heterocycles.